The number of pyridine rings is 1. The molecule has 17 heteroatoms. The number of thiophene rings is 1. The normalized spacial score (nSPS) is 18.0. The number of nitrogens with zero attached hydrogens (tertiary/aromatic N) is 4. The number of carbonyl (C=O) groups excluding carboxylic acids is 5. The standard InChI is InChI=1S/C50H55N7O9S/c1-5-22-65-50(62)57-39-28-41(31(2)25-36(39)48(61)56-21-11-9-16-38(56)49(57)66-44-18-10-12-23-64-44)63-24-13-17-43(58)52-35-27-40(55(4)30-35)46(59)54-34-19-20-37(51-29-34)42-26-32(3)45(67-42)47(60)53-33-14-7-6-8-15-33/h5-8,14-15,19-20,25-30,38,44,49H,1,9-13,16-18,21-24H2,2-4H3,(H,52,58)(H,53,60)(H,54,59)/t38-,44?,49?/m0/s1. The molecule has 0 aliphatic carbocycles. The number of rotatable bonds is 15. The van der Waals surface area contributed by atoms with Gasteiger partial charge in [-0.05, 0) is 112 Å². The third-order valence-corrected chi connectivity index (χ3v) is 13.1. The van der Waals surface area contributed by atoms with Gasteiger partial charge in [-0.25, -0.2) is 9.69 Å². The van der Waals surface area contributed by atoms with Crippen LogP contribution in [0, 0.1) is 13.8 Å². The minimum absolute atomic E-state index is 0.0286. The van der Waals surface area contributed by atoms with Crippen molar-refractivity contribution in [2.45, 2.75) is 83.8 Å². The molecule has 0 saturated carbocycles. The molecule has 2 aromatic carbocycles. The van der Waals surface area contributed by atoms with E-state index < -0.39 is 24.7 Å². The zero-order valence-electron chi connectivity index (χ0n) is 37.9. The molecular weight excluding hydrogens is 875 g/mol. The number of para-hydroxylation sites is 1. The molecule has 0 radical (unpaired) electrons. The molecule has 67 heavy (non-hydrogen) atoms. The number of ether oxygens (including phenoxy) is 4. The first-order valence-electron chi connectivity index (χ1n) is 22.6. The van der Waals surface area contributed by atoms with Gasteiger partial charge in [0, 0.05) is 44.6 Å². The summed E-state index contributed by atoms with van der Waals surface area (Å²) in [5.74, 6) is -0.595. The van der Waals surface area contributed by atoms with Gasteiger partial charge in [0.1, 0.15) is 18.1 Å². The molecule has 350 valence electrons. The first-order chi connectivity index (χ1) is 32.5. The third-order valence-electron chi connectivity index (χ3n) is 11.9. The molecule has 6 heterocycles. The van der Waals surface area contributed by atoms with Crippen LogP contribution < -0.4 is 25.6 Å². The number of piperidine rings is 1. The Bertz CT molecular complexity index is 2620. The maximum atomic E-state index is 14.2. The second kappa shape index (κ2) is 21.2. The number of amides is 5. The van der Waals surface area contributed by atoms with Crippen LogP contribution >= 0.6 is 11.3 Å². The highest BCUT2D eigenvalue weighted by molar-refractivity contribution is 7.17. The van der Waals surface area contributed by atoms with E-state index in [4.69, 9.17) is 18.9 Å². The number of fused-ring (bicyclic) bond motifs is 2. The van der Waals surface area contributed by atoms with Crippen molar-refractivity contribution in [3.8, 4) is 16.3 Å². The van der Waals surface area contributed by atoms with Crippen molar-refractivity contribution in [3.63, 3.8) is 0 Å². The average molecular weight is 930 g/mol. The van der Waals surface area contributed by atoms with Crippen LogP contribution in [0.1, 0.15) is 93.0 Å². The van der Waals surface area contributed by atoms with Gasteiger partial charge in [-0.1, -0.05) is 30.9 Å². The predicted molar refractivity (Wildman–Crippen MR) is 256 cm³/mol. The molecule has 3 N–H and O–H groups in total. The van der Waals surface area contributed by atoms with E-state index in [2.05, 4.69) is 27.5 Å². The molecule has 2 fully saturated rings. The topological polar surface area (TPSA) is 183 Å². The number of aryl methyl sites for hydroxylation is 3. The van der Waals surface area contributed by atoms with E-state index in [1.54, 1.807) is 54.3 Å². The zero-order valence-corrected chi connectivity index (χ0v) is 38.7. The molecule has 16 nitrogen and oxygen atoms in total. The fourth-order valence-corrected chi connectivity index (χ4v) is 9.59. The largest absolute Gasteiger partial charge is 0.493 e. The summed E-state index contributed by atoms with van der Waals surface area (Å²) in [7, 11) is 1.71. The van der Waals surface area contributed by atoms with Crippen LogP contribution in [-0.4, -0.2) is 89.1 Å². The molecule has 2 unspecified atom stereocenters. The highest BCUT2D eigenvalue weighted by atomic mass is 32.1. The van der Waals surface area contributed by atoms with E-state index >= 15 is 0 Å². The third kappa shape index (κ3) is 10.9. The van der Waals surface area contributed by atoms with Crippen LogP contribution in [0.2, 0.25) is 0 Å². The molecule has 0 bridgehead atoms. The second-order valence-electron chi connectivity index (χ2n) is 16.8. The quantitative estimate of drug-likeness (QED) is 0.0677. The molecular formula is C50H55N7O9S. The summed E-state index contributed by atoms with van der Waals surface area (Å²) < 4.78 is 26.0. The van der Waals surface area contributed by atoms with E-state index in [-0.39, 0.29) is 43.3 Å². The van der Waals surface area contributed by atoms with Crippen molar-refractivity contribution in [2.24, 2.45) is 7.05 Å². The summed E-state index contributed by atoms with van der Waals surface area (Å²) in [5.41, 5.74) is 4.82. The molecule has 8 rings (SSSR count). The van der Waals surface area contributed by atoms with E-state index in [1.165, 1.54) is 22.3 Å². The van der Waals surface area contributed by atoms with Crippen molar-refractivity contribution in [3.05, 3.63) is 119 Å². The van der Waals surface area contributed by atoms with Gasteiger partial charge in [0.25, 0.3) is 17.7 Å². The molecule has 5 aromatic rings. The first kappa shape index (κ1) is 46.7. The van der Waals surface area contributed by atoms with E-state index in [1.807, 2.05) is 55.1 Å². The fourth-order valence-electron chi connectivity index (χ4n) is 8.55. The van der Waals surface area contributed by atoms with Crippen molar-refractivity contribution in [1.29, 1.82) is 0 Å². The van der Waals surface area contributed by atoms with Crippen molar-refractivity contribution < 1.29 is 42.9 Å². The van der Waals surface area contributed by atoms with Gasteiger partial charge in [0.05, 0.1) is 56.9 Å². The minimum Gasteiger partial charge on any atom is -0.493 e. The maximum absolute atomic E-state index is 14.2. The van der Waals surface area contributed by atoms with Crippen LogP contribution in [0.4, 0.5) is 27.5 Å². The van der Waals surface area contributed by atoms with Gasteiger partial charge in [0.15, 0.2) is 12.5 Å². The minimum atomic E-state index is -0.864. The average Bonchev–Trinajstić information content (AvgIpc) is 3.89. The van der Waals surface area contributed by atoms with E-state index in [9.17, 15) is 24.0 Å². The lowest BCUT2D eigenvalue weighted by molar-refractivity contribution is -0.198. The molecule has 2 saturated heterocycles. The van der Waals surface area contributed by atoms with Gasteiger partial charge >= 0.3 is 6.09 Å². The lowest BCUT2D eigenvalue weighted by Crippen LogP contribution is -2.57. The molecule has 3 atom stereocenters. The summed E-state index contributed by atoms with van der Waals surface area (Å²) in [4.78, 5) is 76.8. The highest BCUT2D eigenvalue weighted by Crippen LogP contribution is 2.40. The molecule has 3 aliphatic heterocycles. The summed E-state index contributed by atoms with van der Waals surface area (Å²) in [5, 5.41) is 8.66. The van der Waals surface area contributed by atoms with Crippen molar-refractivity contribution in [1.82, 2.24) is 14.5 Å². The number of nitrogens with one attached hydrogen (secondary N) is 3. The Balaban J connectivity index is 0.874. The summed E-state index contributed by atoms with van der Waals surface area (Å²) in [6.07, 6.45) is 7.98. The molecule has 5 amide bonds. The Kier molecular flexibility index (Phi) is 14.8. The van der Waals surface area contributed by atoms with Gasteiger partial charge in [-0.15, -0.1) is 11.3 Å². The van der Waals surface area contributed by atoms with Gasteiger partial charge < -0.3 is 44.4 Å². The Labute approximate surface area is 393 Å². The lowest BCUT2D eigenvalue weighted by atomic mass is 10.00. The van der Waals surface area contributed by atoms with Crippen LogP contribution in [-0.2, 0) is 26.1 Å². The van der Waals surface area contributed by atoms with Crippen LogP contribution in [0.5, 0.6) is 5.75 Å². The number of aromatic nitrogens is 2. The van der Waals surface area contributed by atoms with Crippen molar-refractivity contribution in [2.75, 3.05) is 47.2 Å². The Morgan fingerprint density at radius 3 is 2.48 bits per heavy atom. The maximum Gasteiger partial charge on any atom is 0.416 e. The van der Waals surface area contributed by atoms with Crippen LogP contribution in [0.25, 0.3) is 10.6 Å². The van der Waals surface area contributed by atoms with Gasteiger partial charge in [-0.3, -0.25) is 24.2 Å². The van der Waals surface area contributed by atoms with Crippen LogP contribution in [0.15, 0.2) is 91.8 Å². The molecule has 3 aromatic heterocycles. The summed E-state index contributed by atoms with van der Waals surface area (Å²) >= 11 is 1.34. The smallest absolute Gasteiger partial charge is 0.416 e. The number of anilines is 4. The zero-order chi connectivity index (χ0) is 47.0. The SMILES string of the molecule is C=CCOC(=O)N1c2cc(OCCCC(=O)Nc3cc(C(=O)Nc4ccc(-c5cc(C)c(C(=O)Nc6ccccc6)s5)nc4)n(C)c3)c(C)cc2C(=O)N2CCCC[C@H]2C1OC1CCCCO1. The second-order valence-corrected chi connectivity index (χ2v) is 17.9. The Morgan fingerprint density at radius 1 is 0.910 bits per heavy atom. The van der Waals surface area contributed by atoms with E-state index in [0.717, 1.165) is 36.1 Å². The number of benzene rings is 2. The molecule has 3 aliphatic rings. The fraction of sp³-hybridized carbons (Fsp3) is 0.360. The number of hydrogen-bond acceptors (Lipinski definition) is 11. The van der Waals surface area contributed by atoms with Crippen LogP contribution in [0.3, 0.4) is 0 Å². The van der Waals surface area contributed by atoms with E-state index in [0.29, 0.717) is 88.3 Å². The van der Waals surface area contributed by atoms with Gasteiger partial charge in [-0.2, -0.15) is 0 Å². The van der Waals surface area contributed by atoms with Gasteiger partial charge in [0.2, 0.25) is 5.91 Å². The van der Waals surface area contributed by atoms with Crippen molar-refractivity contribution >= 4 is 63.8 Å². The number of hydrogen-bond donors (Lipinski definition) is 3. The first-order valence-corrected chi connectivity index (χ1v) is 23.4. The molecule has 0 spiro atoms. The Morgan fingerprint density at radius 2 is 1.72 bits per heavy atom. The highest BCUT2D eigenvalue weighted by Gasteiger charge is 2.46. The monoisotopic (exact) mass is 929 g/mol. The summed E-state index contributed by atoms with van der Waals surface area (Å²) in [6, 6.07) is 19.3. The number of carbonyl (C=O) groups is 5. The lowest BCUT2D eigenvalue weighted by Gasteiger charge is -2.42. The predicted octanol–water partition coefficient (Wildman–Crippen LogP) is 9.07. The Hall–Kier alpha value is -6.82. The summed E-state index contributed by atoms with van der Waals surface area (Å²) in [6.45, 7) is 8.64.